The number of fused-ring (bicyclic) bond motifs is 1. The molecule has 35 heavy (non-hydrogen) atoms. The van der Waals surface area contributed by atoms with E-state index in [4.69, 9.17) is 11.6 Å². The smallest absolute Gasteiger partial charge is 0.231 e. The molecular formula is C27H31ClN6O. The Morgan fingerprint density at radius 1 is 1.14 bits per heavy atom. The maximum Gasteiger partial charge on any atom is 0.231 e. The van der Waals surface area contributed by atoms with E-state index in [1.807, 2.05) is 47.5 Å². The molecule has 0 spiro atoms. The fraction of sp³-hybridized carbons (Fsp3) is 0.407. The van der Waals surface area contributed by atoms with E-state index in [1.54, 1.807) is 12.5 Å². The minimum Gasteiger partial charge on any atom is -0.353 e. The number of hydrogen-bond donors (Lipinski definition) is 1. The lowest BCUT2D eigenvalue weighted by Crippen LogP contribution is -2.51. The molecule has 5 rings (SSSR count). The molecule has 8 heteroatoms. The monoisotopic (exact) mass is 490 g/mol. The third-order valence-corrected chi connectivity index (χ3v) is 7.37. The van der Waals surface area contributed by atoms with Gasteiger partial charge in [0.2, 0.25) is 5.91 Å². The number of hydrogen-bond acceptors (Lipinski definition) is 6. The van der Waals surface area contributed by atoms with Crippen LogP contribution in [0.3, 0.4) is 0 Å². The van der Waals surface area contributed by atoms with Gasteiger partial charge in [0.25, 0.3) is 0 Å². The molecule has 1 aliphatic heterocycles. The average Bonchev–Trinajstić information content (AvgIpc) is 3.29. The molecule has 2 aliphatic rings. The number of aromatic nitrogens is 3. The Labute approximate surface area is 211 Å². The SMILES string of the molecule is C[C@@H]1CCc2ncnc(N3CCN(C(=O)C(CNCc4cccnc4)c4ccc(Cl)cc4)CC3)c21. The fourth-order valence-electron chi connectivity index (χ4n) is 5.14. The number of carbonyl (C=O) groups excluding carboxylic acids is 1. The Morgan fingerprint density at radius 3 is 2.69 bits per heavy atom. The summed E-state index contributed by atoms with van der Waals surface area (Å²) in [5, 5.41) is 4.12. The van der Waals surface area contributed by atoms with Gasteiger partial charge >= 0.3 is 0 Å². The van der Waals surface area contributed by atoms with Crippen molar-refractivity contribution in [3.63, 3.8) is 0 Å². The van der Waals surface area contributed by atoms with Crippen molar-refractivity contribution in [3.05, 3.63) is 82.5 Å². The van der Waals surface area contributed by atoms with Crippen molar-refractivity contribution in [1.29, 1.82) is 0 Å². The van der Waals surface area contributed by atoms with Gasteiger partial charge in [0, 0.05) is 67.9 Å². The van der Waals surface area contributed by atoms with Crippen molar-refractivity contribution in [2.24, 2.45) is 0 Å². The third kappa shape index (κ3) is 5.31. The lowest BCUT2D eigenvalue weighted by atomic mass is 9.96. The maximum absolute atomic E-state index is 13.7. The van der Waals surface area contributed by atoms with Crippen LogP contribution in [0.4, 0.5) is 5.82 Å². The van der Waals surface area contributed by atoms with Crippen LogP contribution in [0.15, 0.2) is 55.1 Å². The molecule has 3 heterocycles. The standard InChI is InChI=1S/C27H31ClN6O/c1-19-4-9-24-25(19)26(32-18-31-24)33-11-13-34(14-12-33)27(35)23(21-5-7-22(28)8-6-21)17-30-16-20-3-2-10-29-15-20/h2-3,5-8,10,15,18-19,23,30H,4,9,11-14,16-17H2,1H3/t19-,23?/m1/s1. The quantitative estimate of drug-likeness (QED) is 0.543. The second-order valence-corrected chi connectivity index (χ2v) is 9.84. The molecule has 1 amide bonds. The number of benzene rings is 1. The summed E-state index contributed by atoms with van der Waals surface area (Å²) >= 11 is 6.12. The summed E-state index contributed by atoms with van der Waals surface area (Å²) in [5.74, 6) is 1.41. The van der Waals surface area contributed by atoms with Crippen molar-refractivity contribution in [2.45, 2.75) is 38.1 Å². The number of amides is 1. The highest BCUT2D eigenvalue weighted by molar-refractivity contribution is 6.30. The molecule has 1 fully saturated rings. The van der Waals surface area contributed by atoms with Crippen LogP contribution in [0.25, 0.3) is 0 Å². The topological polar surface area (TPSA) is 74.2 Å². The molecule has 182 valence electrons. The number of rotatable bonds is 7. The van der Waals surface area contributed by atoms with Crippen molar-refractivity contribution < 1.29 is 4.79 Å². The van der Waals surface area contributed by atoms with Gasteiger partial charge < -0.3 is 15.1 Å². The zero-order valence-electron chi connectivity index (χ0n) is 20.0. The summed E-state index contributed by atoms with van der Waals surface area (Å²) in [6.45, 7) is 6.38. The maximum atomic E-state index is 13.7. The summed E-state index contributed by atoms with van der Waals surface area (Å²) in [4.78, 5) is 31.3. The second-order valence-electron chi connectivity index (χ2n) is 9.41. The summed E-state index contributed by atoms with van der Waals surface area (Å²) in [6, 6.07) is 11.6. The number of aryl methyl sites for hydroxylation is 1. The van der Waals surface area contributed by atoms with Crippen LogP contribution in [0.2, 0.25) is 5.02 Å². The Morgan fingerprint density at radius 2 is 1.94 bits per heavy atom. The van der Waals surface area contributed by atoms with Gasteiger partial charge in [-0.15, -0.1) is 0 Å². The molecule has 3 aromatic rings. The number of nitrogens with one attached hydrogen (secondary N) is 1. The van der Waals surface area contributed by atoms with Crippen LogP contribution in [-0.2, 0) is 17.8 Å². The molecule has 1 unspecified atom stereocenters. The molecule has 0 saturated carbocycles. The van der Waals surface area contributed by atoms with Crippen molar-refractivity contribution in [3.8, 4) is 0 Å². The largest absolute Gasteiger partial charge is 0.353 e. The first-order valence-electron chi connectivity index (χ1n) is 12.3. The van der Waals surface area contributed by atoms with Crippen molar-refractivity contribution in [1.82, 2.24) is 25.2 Å². The molecule has 1 aromatic carbocycles. The van der Waals surface area contributed by atoms with Gasteiger partial charge in [0.05, 0.1) is 5.92 Å². The van der Waals surface area contributed by atoms with Crippen LogP contribution in [-0.4, -0.2) is 58.5 Å². The highest BCUT2D eigenvalue weighted by atomic mass is 35.5. The van der Waals surface area contributed by atoms with Crippen LogP contribution in [0, 0.1) is 0 Å². The van der Waals surface area contributed by atoms with Gasteiger partial charge in [-0.3, -0.25) is 9.78 Å². The van der Waals surface area contributed by atoms with Crippen molar-refractivity contribution >= 4 is 23.3 Å². The molecule has 2 aromatic heterocycles. The Hall–Kier alpha value is -3.03. The summed E-state index contributed by atoms with van der Waals surface area (Å²) < 4.78 is 0. The van der Waals surface area contributed by atoms with E-state index >= 15 is 0 Å². The van der Waals surface area contributed by atoms with E-state index in [2.05, 4.69) is 32.1 Å². The van der Waals surface area contributed by atoms with Gasteiger partial charge in [0.15, 0.2) is 0 Å². The van der Waals surface area contributed by atoms with Gasteiger partial charge in [-0.2, -0.15) is 0 Å². The van der Waals surface area contributed by atoms with E-state index < -0.39 is 0 Å². The van der Waals surface area contributed by atoms with Crippen molar-refractivity contribution in [2.75, 3.05) is 37.6 Å². The molecule has 7 nitrogen and oxygen atoms in total. The van der Waals surface area contributed by atoms with Gasteiger partial charge in [-0.1, -0.05) is 36.7 Å². The summed E-state index contributed by atoms with van der Waals surface area (Å²) in [6.07, 6.45) is 7.46. The summed E-state index contributed by atoms with van der Waals surface area (Å²) in [5.41, 5.74) is 4.55. The minimum absolute atomic E-state index is 0.145. The predicted octanol–water partition coefficient (Wildman–Crippen LogP) is 3.80. The molecule has 0 radical (unpaired) electrons. The molecule has 1 aliphatic carbocycles. The Kier molecular flexibility index (Phi) is 7.25. The van der Waals surface area contributed by atoms with Gasteiger partial charge in [-0.25, -0.2) is 9.97 Å². The molecule has 2 atom stereocenters. The van der Waals surface area contributed by atoms with Crippen LogP contribution in [0.1, 0.15) is 47.6 Å². The van der Waals surface area contributed by atoms with Gasteiger partial charge in [-0.05, 0) is 48.1 Å². The third-order valence-electron chi connectivity index (χ3n) is 7.11. The Balaban J connectivity index is 1.26. The van der Waals surface area contributed by atoms with Crippen LogP contribution < -0.4 is 10.2 Å². The molecule has 1 N–H and O–H groups in total. The van der Waals surface area contributed by atoms with Crippen LogP contribution in [0.5, 0.6) is 0 Å². The van der Waals surface area contributed by atoms with Gasteiger partial charge in [0.1, 0.15) is 12.1 Å². The molecule has 1 saturated heterocycles. The van der Waals surface area contributed by atoms with E-state index in [0.29, 0.717) is 37.1 Å². The molecule has 0 bridgehead atoms. The number of halogens is 1. The Bertz CT molecular complexity index is 1150. The lowest BCUT2D eigenvalue weighted by Gasteiger charge is -2.38. The zero-order valence-corrected chi connectivity index (χ0v) is 20.8. The van der Waals surface area contributed by atoms with E-state index in [9.17, 15) is 4.79 Å². The highest BCUT2D eigenvalue weighted by Gasteiger charge is 2.32. The zero-order chi connectivity index (χ0) is 24.2. The first kappa shape index (κ1) is 23.7. The lowest BCUT2D eigenvalue weighted by molar-refractivity contribution is -0.133. The average molecular weight is 491 g/mol. The van der Waals surface area contributed by atoms with E-state index in [0.717, 1.165) is 42.9 Å². The minimum atomic E-state index is -0.279. The van der Waals surface area contributed by atoms with Crippen LogP contribution >= 0.6 is 11.6 Å². The number of piperazine rings is 1. The molecular weight excluding hydrogens is 460 g/mol. The fourth-order valence-corrected chi connectivity index (χ4v) is 5.27. The number of nitrogens with zero attached hydrogens (tertiary/aromatic N) is 5. The summed E-state index contributed by atoms with van der Waals surface area (Å²) in [7, 11) is 0. The number of anilines is 1. The second kappa shape index (κ2) is 10.7. The van der Waals surface area contributed by atoms with E-state index in [1.165, 1.54) is 11.3 Å². The normalized spacial score (nSPS) is 18.4. The number of pyridine rings is 1. The first-order valence-corrected chi connectivity index (χ1v) is 12.7. The first-order chi connectivity index (χ1) is 17.1. The number of carbonyl (C=O) groups is 1. The predicted molar refractivity (Wildman–Crippen MR) is 138 cm³/mol. The van der Waals surface area contributed by atoms with E-state index in [-0.39, 0.29) is 11.8 Å². The highest BCUT2D eigenvalue weighted by Crippen LogP contribution is 2.37.